The second-order valence-electron chi connectivity index (χ2n) is 5.77. The minimum atomic E-state index is -1.07. The number of H-pyrrole nitrogens is 1. The van der Waals surface area contributed by atoms with E-state index >= 15 is 0 Å². The van der Waals surface area contributed by atoms with Gasteiger partial charge in [-0.25, -0.2) is 4.79 Å². The molecular formula is C18H17N3O5. The molecule has 5 N–H and O–H groups in total. The van der Waals surface area contributed by atoms with Crippen molar-refractivity contribution in [1.29, 1.82) is 0 Å². The van der Waals surface area contributed by atoms with E-state index in [0.29, 0.717) is 16.5 Å². The molecule has 1 atom stereocenters. The topological polar surface area (TPSA) is 136 Å². The van der Waals surface area contributed by atoms with Crippen LogP contribution in [0.25, 0.3) is 10.9 Å². The number of benzene rings is 1. The van der Waals surface area contributed by atoms with E-state index < -0.39 is 12.1 Å². The van der Waals surface area contributed by atoms with Gasteiger partial charge in [-0.3, -0.25) is 9.78 Å². The lowest BCUT2D eigenvalue weighted by molar-refractivity contribution is 0.0695. The van der Waals surface area contributed by atoms with Gasteiger partial charge < -0.3 is 25.6 Å². The fourth-order valence-corrected chi connectivity index (χ4v) is 2.77. The molecule has 0 saturated carbocycles. The normalized spacial score (nSPS) is 12.2. The van der Waals surface area contributed by atoms with Crippen LogP contribution in [0.3, 0.4) is 0 Å². The van der Waals surface area contributed by atoms with Gasteiger partial charge in [0.1, 0.15) is 5.75 Å². The third kappa shape index (κ3) is 3.56. The number of phenols is 1. The van der Waals surface area contributed by atoms with E-state index in [1.54, 1.807) is 12.1 Å². The smallest absolute Gasteiger partial charge is 0.337 e. The van der Waals surface area contributed by atoms with Gasteiger partial charge >= 0.3 is 5.97 Å². The number of carboxylic acid groups (broad SMARTS) is 1. The molecule has 3 aromatic rings. The Morgan fingerprint density at radius 3 is 2.81 bits per heavy atom. The van der Waals surface area contributed by atoms with Crippen molar-refractivity contribution in [1.82, 2.24) is 15.3 Å². The summed E-state index contributed by atoms with van der Waals surface area (Å²) in [7, 11) is 0. The summed E-state index contributed by atoms with van der Waals surface area (Å²) in [5.41, 5.74) is 1.10. The third-order valence-electron chi connectivity index (χ3n) is 4.06. The number of aromatic amines is 1. The van der Waals surface area contributed by atoms with Crippen molar-refractivity contribution >= 4 is 16.9 Å². The molecule has 0 aliphatic carbocycles. The highest BCUT2D eigenvalue weighted by Gasteiger charge is 2.15. The number of nitrogens with zero attached hydrogens (tertiary/aromatic N) is 1. The molecule has 0 radical (unpaired) electrons. The molecule has 3 rings (SSSR count). The summed E-state index contributed by atoms with van der Waals surface area (Å²) in [4.78, 5) is 29.0. The molecule has 2 aromatic heterocycles. The molecule has 2 heterocycles. The number of aromatic nitrogens is 2. The lowest BCUT2D eigenvalue weighted by Crippen LogP contribution is -2.22. The summed E-state index contributed by atoms with van der Waals surface area (Å²) in [5, 5.41) is 33.0. The summed E-state index contributed by atoms with van der Waals surface area (Å²) in [6.07, 6.45) is 1.86. The molecule has 0 spiro atoms. The van der Waals surface area contributed by atoms with Crippen molar-refractivity contribution in [2.75, 3.05) is 6.54 Å². The maximum absolute atomic E-state index is 11.4. The first kappa shape index (κ1) is 17.6. The summed E-state index contributed by atoms with van der Waals surface area (Å²) in [6, 6.07) is 7.45. The van der Waals surface area contributed by atoms with Crippen molar-refractivity contribution in [3.05, 3.63) is 69.8 Å². The number of aromatic carboxylic acids is 1. The van der Waals surface area contributed by atoms with E-state index in [4.69, 9.17) is 5.11 Å². The van der Waals surface area contributed by atoms with Crippen LogP contribution in [0.5, 0.6) is 5.75 Å². The number of carboxylic acids is 1. The molecule has 0 amide bonds. The predicted octanol–water partition coefficient (Wildman–Crippen LogP) is 1.15. The van der Waals surface area contributed by atoms with Crippen LogP contribution in [-0.2, 0) is 6.54 Å². The number of aromatic hydroxyl groups is 1. The standard InChI is InChI=1S/C18H17N3O5/c22-14-3-1-11(12-2-4-16(24)21-17(12)14)15(23)9-20-7-10-5-6-19-8-13(10)18(25)26/h1-6,8,15,20,22-23H,7,9H2,(H,21,24)(H,25,26)/t15-/m0/s1. The van der Waals surface area contributed by atoms with Crippen LogP contribution in [0, 0.1) is 0 Å². The number of pyridine rings is 2. The van der Waals surface area contributed by atoms with Gasteiger partial charge in [-0.2, -0.15) is 0 Å². The molecule has 0 aliphatic heterocycles. The van der Waals surface area contributed by atoms with Gasteiger partial charge in [0.2, 0.25) is 5.56 Å². The zero-order chi connectivity index (χ0) is 18.7. The van der Waals surface area contributed by atoms with E-state index in [2.05, 4.69) is 15.3 Å². The Bertz CT molecular complexity index is 1020. The zero-order valence-corrected chi connectivity index (χ0v) is 13.6. The molecule has 1 aromatic carbocycles. The Morgan fingerprint density at radius 1 is 1.23 bits per heavy atom. The first-order valence-electron chi connectivity index (χ1n) is 7.87. The molecule has 134 valence electrons. The average Bonchev–Trinajstić information content (AvgIpc) is 2.62. The van der Waals surface area contributed by atoms with Crippen molar-refractivity contribution in [2.45, 2.75) is 12.6 Å². The number of rotatable bonds is 6. The predicted molar refractivity (Wildman–Crippen MR) is 94.1 cm³/mol. The monoisotopic (exact) mass is 355 g/mol. The number of hydrogen-bond acceptors (Lipinski definition) is 6. The van der Waals surface area contributed by atoms with Gasteiger partial charge in [0.25, 0.3) is 0 Å². The van der Waals surface area contributed by atoms with Crippen LogP contribution in [0.2, 0.25) is 0 Å². The number of nitrogens with one attached hydrogen (secondary N) is 2. The first-order valence-corrected chi connectivity index (χ1v) is 7.87. The molecule has 0 bridgehead atoms. The molecule has 0 unspecified atom stereocenters. The second kappa shape index (κ2) is 7.34. The highest BCUT2D eigenvalue weighted by Crippen LogP contribution is 2.28. The quantitative estimate of drug-likeness (QED) is 0.447. The Kier molecular flexibility index (Phi) is 4.97. The highest BCUT2D eigenvalue weighted by molar-refractivity contribution is 5.89. The molecule has 8 heteroatoms. The van der Waals surface area contributed by atoms with Crippen LogP contribution in [0.4, 0.5) is 0 Å². The van der Waals surface area contributed by atoms with Crippen molar-refractivity contribution in [3.8, 4) is 5.75 Å². The van der Waals surface area contributed by atoms with E-state index in [1.165, 1.54) is 30.6 Å². The Morgan fingerprint density at radius 2 is 2.04 bits per heavy atom. The van der Waals surface area contributed by atoms with Gasteiger partial charge in [-0.1, -0.05) is 6.07 Å². The molecule has 8 nitrogen and oxygen atoms in total. The summed E-state index contributed by atoms with van der Waals surface area (Å²) in [5.74, 6) is -1.14. The number of fused-ring (bicyclic) bond motifs is 1. The van der Waals surface area contributed by atoms with Crippen LogP contribution in [-0.4, -0.2) is 37.8 Å². The van der Waals surface area contributed by atoms with Crippen molar-refractivity contribution in [3.63, 3.8) is 0 Å². The largest absolute Gasteiger partial charge is 0.506 e. The molecule has 0 aliphatic rings. The lowest BCUT2D eigenvalue weighted by atomic mass is 10.0. The first-order chi connectivity index (χ1) is 12.5. The van der Waals surface area contributed by atoms with Gasteiger partial charge in [-0.15, -0.1) is 0 Å². The van der Waals surface area contributed by atoms with E-state index in [9.17, 15) is 19.8 Å². The average molecular weight is 355 g/mol. The summed E-state index contributed by atoms with van der Waals surface area (Å²) >= 11 is 0. The van der Waals surface area contributed by atoms with Gasteiger partial charge in [0, 0.05) is 36.9 Å². The second-order valence-corrected chi connectivity index (χ2v) is 5.77. The fourth-order valence-electron chi connectivity index (χ4n) is 2.77. The van der Waals surface area contributed by atoms with Gasteiger partial charge in [-0.05, 0) is 29.3 Å². The Labute approximate surface area is 147 Å². The van der Waals surface area contributed by atoms with Crippen molar-refractivity contribution < 1.29 is 20.1 Å². The van der Waals surface area contributed by atoms with Gasteiger partial charge in [0.15, 0.2) is 0 Å². The van der Waals surface area contributed by atoms with E-state index in [-0.39, 0.29) is 35.5 Å². The fraction of sp³-hybridized carbons (Fsp3) is 0.167. The molecule has 0 fully saturated rings. The van der Waals surface area contributed by atoms with Crippen molar-refractivity contribution in [2.24, 2.45) is 0 Å². The maximum Gasteiger partial charge on any atom is 0.337 e. The molecular weight excluding hydrogens is 338 g/mol. The lowest BCUT2D eigenvalue weighted by Gasteiger charge is -2.15. The van der Waals surface area contributed by atoms with Crippen LogP contribution >= 0.6 is 0 Å². The molecule has 0 saturated heterocycles. The van der Waals surface area contributed by atoms with Crippen LogP contribution in [0.15, 0.2) is 47.5 Å². The number of carbonyl (C=O) groups is 1. The maximum atomic E-state index is 11.4. The minimum Gasteiger partial charge on any atom is -0.506 e. The molecule has 26 heavy (non-hydrogen) atoms. The highest BCUT2D eigenvalue weighted by atomic mass is 16.4. The number of phenolic OH excluding ortho intramolecular Hbond substituents is 1. The van der Waals surface area contributed by atoms with Crippen LogP contribution < -0.4 is 10.9 Å². The Balaban J connectivity index is 1.76. The third-order valence-corrected chi connectivity index (χ3v) is 4.06. The minimum absolute atomic E-state index is 0.0792. The van der Waals surface area contributed by atoms with Gasteiger partial charge in [0.05, 0.1) is 17.2 Å². The summed E-state index contributed by atoms with van der Waals surface area (Å²) < 4.78 is 0. The SMILES string of the molecule is O=C(O)c1cnccc1CNC[C@H](O)c1ccc(O)c2[nH]c(=O)ccc12. The number of aliphatic hydroxyl groups excluding tert-OH is 1. The van der Waals surface area contributed by atoms with Crippen LogP contribution in [0.1, 0.15) is 27.6 Å². The number of aliphatic hydroxyl groups is 1. The Hall–Kier alpha value is -3.23. The number of hydrogen-bond donors (Lipinski definition) is 5. The van der Waals surface area contributed by atoms with E-state index in [1.807, 2.05) is 0 Å². The van der Waals surface area contributed by atoms with E-state index in [0.717, 1.165) is 0 Å². The summed E-state index contributed by atoms with van der Waals surface area (Å²) in [6.45, 7) is 0.397. The zero-order valence-electron chi connectivity index (χ0n) is 13.6.